The lowest BCUT2D eigenvalue weighted by Gasteiger charge is -2.08. The number of rotatable bonds is 1. The van der Waals surface area contributed by atoms with Crippen LogP contribution in [0.3, 0.4) is 0 Å². The molecule has 74 valence electrons. The molecule has 0 atom stereocenters. The van der Waals surface area contributed by atoms with E-state index in [0.29, 0.717) is 5.15 Å². The zero-order chi connectivity index (χ0) is 9.97. The Morgan fingerprint density at radius 3 is 3.00 bits per heavy atom. The summed E-state index contributed by atoms with van der Waals surface area (Å²) < 4.78 is 1.73. The van der Waals surface area contributed by atoms with Crippen LogP contribution in [0.25, 0.3) is 0 Å². The molecule has 0 spiro atoms. The molecular formula is C10H12ClN3. The quantitative estimate of drug-likeness (QED) is 0.700. The molecule has 0 saturated carbocycles. The fourth-order valence-corrected chi connectivity index (χ4v) is 1.76. The Morgan fingerprint density at radius 1 is 1.57 bits per heavy atom. The second kappa shape index (κ2) is 3.96. The summed E-state index contributed by atoms with van der Waals surface area (Å²) in [5.41, 5.74) is 1.07. The lowest BCUT2D eigenvalue weighted by Crippen LogP contribution is -2.14. The molecule has 2 heterocycles. The molecule has 1 aliphatic rings. The maximum Gasteiger partial charge on any atom is 0.137 e. The van der Waals surface area contributed by atoms with Crippen LogP contribution >= 0.6 is 11.6 Å². The Hall–Kier alpha value is -1.09. The van der Waals surface area contributed by atoms with Crippen molar-refractivity contribution in [2.75, 3.05) is 0 Å². The van der Waals surface area contributed by atoms with E-state index in [1.165, 1.54) is 0 Å². The fourth-order valence-electron chi connectivity index (χ4n) is 1.44. The summed E-state index contributed by atoms with van der Waals surface area (Å²) in [5.74, 6) is 0.928. The molecule has 14 heavy (non-hydrogen) atoms. The minimum atomic E-state index is 0.696. The monoisotopic (exact) mass is 209 g/mol. The van der Waals surface area contributed by atoms with E-state index in [1.807, 2.05) is 18.5 Å². The van der Waals surface area contributed by atoms with Gasteiger partial charge in [-0.3, -0.25) is 0 Å². The van der Waals surface area contributed by atoms with Crippen LogP contribution in [-0.2, 0) is 6.42 Å². The average Bonchev–Trinajstić information content (AvgIpc) is 2.61. The van der Waals surface area contributed by atoms with Crippen LogP contribution in [0.1, 0.15) is 25.3 Å². The standard InChI is InChI=1S/C10H12ClN3/c1-2-8-7-13-14(10(8)11)9-5-3-4-6-12-9/h4,6-7H,2-3,5H2,1H3. The van der Waals surface area contributed by atoms with Gasteiger partial charge in [0.05, 0.1) is 6.20 Å². The summed E-state index contributed by atoms with van der Waals surface area (Å²) in [5, 5.41) is 4.93. The molecule has 0 saturated heterocycles. The van der Waals surface area contributed by atoms with Crippen LogP contribution in [0, 0.1) is 0 Å². The number of hydrogen-bond acceptors (Lipinski definition) is 2. The molecule has 0 amide bonds. The van der Waals surface area contributed by atoms with Gasteiger partial charge in [-0.15, -0.1) is 0 Å². The summed E-state index contributed by atoms with van der Waals surface area (Å²) >= 11 is 6.15. The lowest BCUT2D eigenvalue weighted by atomic mass is 10.2. The molecule has 0 aliphatic carbocycles. The van der Waals surface area contributed by atoms with Crippen molar-refractivity contribution in [2.45, 2.75) is 26.2 Å². The van der Waals surface area contributed by atoms with Crippen LogP contribution in [-0.4, -0.2) is 15.6 Å². The third-order valence-electron chi connectivity index (χ3n) is 2.27. The molecule has 0 fully saturated rings. The van der Waals surface area contributed by atoms with Gasteiger partial charge in [0.15, 0.2) is 0 Å². The largest absolute Gasteiger partial charge is 0.242 e. The summed E-state index contributed by atoms with van der Waals surface area (Å²) in [7, 11) is 0. The van der Waals surface area contributed by atoms with E-state index in [1.54, 1.807) is 4.68 Å². The van der Waals surface area contributed by atoms with Gasteiger partial charge in [0, 0.05) is 18.2 Å². The highest BCUT2D eigenvalue weighted by molar-refractivity contribution is 6.31. The molecule has 0 unspecified atom stereocenters. The van der Waals surface area contributed by atoms with E-state index in [4.69, 9.17) is 11.6 Å². The average molecular weight is 210 g/mol. The van der Waals surface area contributed by atoms with Crippen LogP contribution in [0.5, 0.6) is 0 Å². The van der Waals surface area contributed by atoms with E-state index in [2.05, 4.69) is 17.0 Å². The normalized spacial score (nSPS) is 15.7. The molecular weight excluding hydrogens is 198 g/mol. The van der Waals surface area contributed by atoms with Gasteiger partial charge in [0.2, 0.25) is 0 Å². The Bertz CT molecular complexity index is 390. The fraction of sp³-hybridized carbons (Fsp3) is 0.400. The van der Waals surface area contributed by atoms with Gasteiger partial charge in [-0.1, -0.05) is 24.6 Å². The summed E-state index contributed by atoms with van der Waals surface area (Å²) in [4.78, 5) is 4.26. The third kappa shape index (κ3) is 1.60. The Kier molecular flexibility index (Phi) is 2.68. The van der Waals surface area contributed by atoms with Crippen LogP contribution in [0.15, 0.2) is 23.5 Å². The van der Waals surface area contributed by atoms with Gasteiger partial charge in [-0.2, -0.15) is 5.10 Å². The predicted molar refractivity (Wildman–Crippen MR) is 57.8 cm³/mol. The molecule has 0 radical (unpaired) electrons. The van der Waals surface area contributed by atoms with Crippen molar-refractivity contribution in [2.24, 2.45) is 4.99 Å². The molecule has 1 aromatic rings. The van der Waals surface area contributed by atoms with Crippen LogP contribution < -0.4 is 0 Å². The zero-order valence-corrected chi connectivity index (χ0v) is 8.83. The number of aryl methyl sites for hydroxylation is 1. The second-order valence-electron chi connectivity index (χ2n) is 3.19. The van der Waals surface area contributed by atoms with E-state index in [9.17, 15) is 0 Å². The molecule has 0 N–H and O–H groups in total. The van der Waals surface area contributed by atoms with Crippen molar-refractivity contribution >= 4 is 17.4 Å². The van der Waals surface area contributed by atoms with E-state index in [0.717, 1.165) is 30.7 Å². The van der Waals surface area contributed by atoms with E-state index < -0.39 is 0 Å². The lowest BCUT2D eigenvalue weighted by molar-refractivity contribution is 0.872. The molecule has 0 bridgehead atoms. The summed E-state index contributed by atoms with van der Waals surface area (Å²) in [6.07, 6.45) is 8.48. The van der Waals surface area contributed by atoms with Crippen LogP contribution in [0.2, 0.25) is 5.15 Å². The number of aliphatic imine (C=N–C) groups is 1. The third-order valence-corrected chi connectivity index (χ3v) is 2.67. The van der Waals surface area contributed by atoms with Crippen molar-refractivity contribution in [3.05, 3.63) is 29.2 Å². The van der Waals surface area contributed by atoms with Gasteiger partial charge in [-0.25, -0.2) is 9.67 Å². The smallest absolute Gasteiger partial charge is 0.137 e. The topological polar surface area (TPSA) is 30.2 Å². The van der Waals surface area contributed by atoms with Gasteiger partial charge in [0.1, 0.15) is 11.0 Å². The molecule has 1 aromatic heterocycles. The minimum absolute atomic E-state index is 0.696. The Morgan fingerprint density at radius 2 is 2.43 bits per heavy atom. The minimum Gasteiger partial charge on any atom is -0.242 e. The van der Waals surface area contributed by atoms with Crippen molar-refractivity contribution in [1.29, 1.82) is 0 Å². The maximum atomic E-state index is 6.15. The number of aromatic nitrogens is 2. The molecule has 2 rings (SSSR count). The second-order valence-corrected chi connectivity index (χ2v) is 3.55. The van der Waals surface area contributed by atoms with E-state index in [-0.39, 0.29) is 0 Å². The molecule has 3 nitrogen and oxygen atoms in total. The van der Waals surface area contributed by atoms with Crippen LogP contribution in [0.4, 0.5) is 0 Å². The number of halogens is 1. The highest BCUT2D eigenvalue weighted by Crippen LogP contribution is 2.17. The number of nitrogens with zero attached hydrogens (tertiary/aromatic N) is 3. The number of allylic oxidation sites excluding steroid dienone is 1. The van der Waals surface area contributed by atoms with Gasteiger partial charge in [-0.05, 0) is 12.8 Å². The van der Waals surface area contributed by atoms with Gasteiger partial charge in [0.25, 0.3) is 0 Å². The highest BCUT2D eigenvalue weighted by atomic mass is 35.5. The summed E-state index contributed by atoms with van der Waals surface area (Å²) in [6, 6.07) is 0. The first-order valence-corrected chi connectivity index (χ1v) is 5.15. The van der Waals surface area contributed by atoms with E-state index >= 15 is 0 Å². The number of hydrogen-bond donors (Lipinski definition) is 0. The van der Waals surface area contributed by atoms with Crippen molar-refractivity contribution in [3.8, 4) is 0 Å². The highest BCUT2D eigenvalue weighted by Gasteiger charge is 2.12. The van der Waals surface area contributed by atoms with Crippen molar-refractivity contribution in [3.63, 3.8) is 0 Å². The van der Waals surface area contributed by atoms with Crippen molar-refractivity contribution in [1.82, 2.24) is 9.78 Å². The SMILES string of the molecule is CCc1cnn(C2=NC=CCC2)c1Cl. The Labute approximate surface area is 88.1 Å². The van der Waals surface area contributed by atoms with Gasteiger partial charge < -0.3 is 0 Å². The first kappa shape index (κ1) is 9.46. The predicted octanol–water partition coefficient (Wildman–Crippen LogP) is 2.65. The molecule has 4 heteroatoms. The first-order chi connectivity index (χ1) is 6.83. The van der Waals surface area contributed by atoms with Crippen molar-refractivity contribution < 1.29 is 0 Å². The zero-order valence-electron chi connectivity index (χ0n) is 8.07. The van der Waals surface area contributed by atoms with Gasteiger partial charge >= 0.3 is 0 Å². The maximum absolute atomic E-state index is 6.15. The first-order valence-electron chi connectivity index (χ1n) is 4.77. The molecule has 0 aromatic carbocycles. The Balaban J connectivity index is 2.36. The summed E-state index contributed by atoms with van der Waals surface area (Å²) in [6.45, 7) is 2.07. The molecule has 1 aliphatic heterocycles.